The highest BCUT2D eigenvalue weighted by Gasteiger charge is 2.16. The Balaban J connectivity index is 2.90. The lowest BCUT2D eigenvalue weighted by molar-refractivity contribution is 0.0948. The molecule has 0 heterocycles. The Labute approximate surface area is 137 Å². The van der Waals surface area contributed by atoms with Gasteiger partial charge in [0.1, 0.15) is 0 Å². The summed E-state index contributed by atoms with van der Waals surface area (Å²) in [6.07, 6.45) is 0. The van der Waals surface area contributed by atoms with Crippen molar-refractivity contribution in [3.05, 3.63) is 22.7 Å². The van der Waals surface area contributed by atoms with Gasteiger partial charge in [-0.2, -0.15) is 0 Å². The highest BCUT2D eigenvalue weighted by molar-refractivity contribution is 6.32. The van der Waals surface area contributed by atoms with Gasteiger partial charge in [0.2, 0.25) is 0 Å². The summed E-state index contributed by atoms with van der Waals surface area (Å²) in [5.41, 5.74) is 5.97. The quantitative estimate of drug-likeness (QED) is 0.769. The normalized spacial score (nSPS) is 12.1. The summed E-state index contributed by atoms with van der Waals surface area (Å²) < 4.78 is 11.0. The van der Waals surface area contributed by atoms with Crippen LogP contribution in [0.15, 0.2) is 12.1 Å². The van der Waals surface area contributed by atoms with Crippen LogP contribution in [-0.4, -0.2) is 32.7 Å². The molecule has 1 amide bonds. The number of benzene rings is 1. The van der Waals surface area contributed by atoms with Crippen molar-refractivity contribution >= 4 is 17.5 Å². The van der Waals surface area contributed by atoms with Gasteiger partial charge < -0.3 is 20.5 Å². The van der Waals surface area contributed by atoms with E-state index >= 15 is 0 Å². The first-order valence-electron chi connectivity index (χ1n) is 7.37. The van der Waals surface area contributed by atoms with E-state index in [0.29, 0.717) is 47.7 Å². The lowest BCUT2D eigenvalue weighted by Crippen LogP contribution is -2.31. The van der Waals surface area contributed by atoms with Crippen LogP contribution in [0.1, 0.15) is 31.1 Å². The molecular formula is C16H25ClN2O3. The topological polar surface area (TPSA) is 73.6 Å². The number of halogens is 1. The van der Waals surface area contributed by atoms with E-state index < -0.39 is 0 Å². The van der Waals surface area contributed by atoms with Crippen LogP contribution in [-0.2, 0) is 0 Å². The Morgan fingerprint density at radius 2 is 2.05 bits per heavy atom. The molecule has 1 aromatic rings. The Hall–Kier alpha value is -1.46. The Morgan fingerprint density at radius 3 is 2.59 bits per heavy atom. The van der Waals surface area contributed by atoms with Crippen LogP contribution in [0.4, 0.5) is 0 Å². The third kappa shape index (κ3) is 5.39. The summed E-state index contributed by atoms with van der Waals surface area (Å²) in [6.45, 7) is 7.61. The highest BCUT2D eigenvalue weighted by atomic mass is 35.5. The van der Waals surface area contributed by atoms with Crippen LogP contribution < -0.4 is 20.5 Å². The third-order valence-corrected chi connectivity index (χ3v) is 3.35. The van der Waals surface area contributed by atoms with Gasteiger partial charge in [-0.3, -0.25) is 4.79 Å². The average Bonchev–Trinajstić information content (AvgIpc) is 2.49. The molecule has 22 heavy (non-hydrogen) atoms. The molecule has 1 unspecified atom stereocenters. The molecule has 6 heteroatoms. The van der Waals surface area contributed by atoms with Gasteiger partial charge in [0, 0.05) is 12.1 Å². The lowest BCUT2D eigenvalue weighted by Gasteiger charge is -2.16. The van der Waals surface area contributed by atoms with E-state index in [1.807, 2.05) is 20.8 Å². The molecule has 0 radical (unpaired) electrons. The van der Waals surface area contributed by atoms with Gasteiger partial charge >= 0.3 is 0 Å². The zero-order chi connectivity index (χ0) is 16.7. The van der Waals surface area contributed by atoms with Crippen molar-refractivity contribution in [1.82, 2.24) is 5.32 Å². The molecular weight excluding hydrogens is 304 g/mol. The second kappa shape index (κ2) is 8.86. The first-order chi connectivity index (χ1) is 10.4. The van der Waals surface area contributed by atoms with Gasteiger partial charge in [-0.05, 0) is 30.5 Å². The minimum atomic E-state index is -0.212. The van der Waals surface area contributed by atoms with Gasteiger partial charge in [-0.1, -0.05) is 32.4 Å². The molecule has 0 spiro atoms. The predicted octanol–water partition coefficient (Wildman–Crippen LogP) is 2.71. The number of ether oxygens (including phenoxy) is 2. The van der Waals surface area contributed by atoms with Crippen LogP contribution in [0, 0.1) is 11.8 Å². The van der Waals surface area contributed by atoms with Crippen molar-refractivity contribution in [1.29, 1.82) is 0 Å². The molecule has 0 aromatic heterocycles. The van der Waals surface area contributed by atoms with E-state index in [0.717, 1.165) is 0 Å². The summed E-state index contributed by atoms with van der Waals surface area (Å²) in [4.78, 5) is 12.2. The van der Waals surface area contributed by atoms with Crippen LogP contribution >= 0.6 is 11.6 Å². The number of rotatable bonds is 8. The SMILES string of the molecule is COc1cc(C(=O)NCC(C)CN)cc(Cl)c1OCC(C)C. The molecule has 0 aliphatic rings. The largest absolute Gasteiger partial charge is 0.493 e. The van der Waals surface area contributed by atoms with E-state index in [1.54, 1.807) is 12.1 Å². The maximum Gasteiger partial charge on any atom is 0.251 e. The zero-order valence-electron chi connectivity index (χ0n) is 13.6. The Kier molecular flexibility index (Phi) is 7.48. The average molecular weight is 329 g/mol. The smallest absolute Gasteiger partial charge is 0.251 e. The molecule has 0 fully saturated rings. The second-order valence-corrected chi connectivity index (χ2v) is 6.15. The van der Waals surface area contributed by atoms with Crippen LogP contribution in [0.5, 0.6) is 11.5 Å². The molecule has 0 aliphatic heterocycles. The maximum atomic E-state index is 12.2. The fourth-order valence-electron chi connectivity index (χ4n) is 1.69. The van der Waals surface area contributed by atoms with Crippen molar-refractivity contribution in [2.75, 3.05) is 26.8 Å². The van der Waals surface area contributed by atoms with Crippen LogP contribution in [0.3, 0.4) is 0 Å². The van der Waals surface area contributed by atoms with Crippen molar-refractivity contribution in [2.24, 2.45) is 17.6 Å². The van der Waals surface area contributed by atoms with Gasteiger partial charge in [0.15, 0.2) is 11.5 Å². The number of nitrogens with one attached hydrogen (secondary N) is 1. The van der Waals surface area contributed by atoms with E-state index in [1.165, 1.54) is 7.11 Å². The summed E-state index contributed by atoms with van der Waals surface area (Å²) in [7, 11) is 1.52. The molecule has 1 atom stereocenters. The summed E-state index contributed by atoms with van der Waals surface area (Å²) in [6, 6.07) is 3.21. The summed E-state index contributed by atoms with van der Waals surface area (Å²) >= 11 is 6.23. The van der Waals surface area contributed by atoms with Crippen LogP contribution in [0.25, 0.3) is 0 Å². The molecule has 1 rings (SSSR count). The fourth-order valence-corrected chi connectivity index (χ4v) is 1.96. The third-order valence-electron chi connectivity index (χ3n) is 3.07. The van der Waals surface area contributed by atoms with Crippen molar-refractivity contribution in [3.63, 3.8) is 0 Å². The predicted molar refractivity (Wildman–Crippen MR) is 88.9 cm³/mol. The van der Waals surface area contributed by atoms with Gasteiger partial charge in [-0.15, -0.1) is 0 Å². The molecule has 0 saturated heterocycles. The Bertz CT molecular complexity index is 506. The monoisotopic (exact) mass is 328 g/mol. The number of methoxy groups -OCH3 is 1. The number of hydrogen-bond acceptors (Lipinski definition) is 4. The number of hydrogen-bond donors (Lipinski definition) is 2. The number of carbonyl (C=O) groups is 1. The number of nitrogens with two attached hydrogens (primary N) is 1. The maximum absolute atomic E-state index is 12.2. The van der Waals surface area contributed by atoms with Gasteiger partial charge in [0.25, 0.3) is 5.91 Å². The van der Waals surface area contributed by atoms with Gasteiger partial charge in [-0.25, -0.2) is 0 Å². The zero-order valence-corrected chi connectivity index (χ0v) is 14.4. The lowest BCUT2D eigenvalue weighted by atomic mass is 10.1. The van der Waals surface area contributed by atoms with Crippen molar-refractivity contribution in [3.8, 4) is 11.5 Å². The molecule has 1 aromatic carbocycles. The minimum absolute atomic E-state index is 0.212. The molecule has 0 aliphatic carbocycles. The Morgan fingerprint density at radius 1 is 1.36 bits per heavy atom. The summed E-state index contributed by atoms with van der Waals surface area (Å²) in [5, 5.41) is 3.18. The van der Waals surface area contributed by atoms with E-state index in [4.69, 9.17) is 26.8 Å². The van der Waals surface area contributed by atoms with Gasteiger partial charge in [0.05, 0.1) is 18.7 Å². The number of carbonyl (C=O) groups excluding carboxylic acids is 1. The van der Waals surface area contributed by atoms with E-state index in [9.17, 15) is 4.79 Å². The fraction of sp³-hybridized carbons (Fsp3) is 0.562. The van der Waals surface area contributed by atoms with Crippen molar-refractivity contribution < 1.29 is 14.3 Å². The molecule has 3 N–H and O–H groups in total. The first kappa shape index (κ1) is 18.6. The number of amides is 1. The minimum Gasteiger partial charge on any atom is -0.493 e. The molecule has 5 nitrogen and oxygen atoms in total. The van der Waals surface area contributed by atoms with Crippen molar-refractivity contribution in [2.45, 2.75) is 20.8 Å². The van der Waals surface area contributed by atoms with E-state index in [2.05, 4.69) is 5.32 Å². The second-order valence-electron chi connectivity index (χ2n) is 5.75. The molecule has 0 saturated carbocycles. The highest BCUT2D eigenvalue weighted by Crippen LogP contribution is 2.36. The molecule has 124 valence electrons. The van der Waals surface area contributed by atoms with Crippen LogP contribution in [0.2, 0.25) is 5.02 Å². The standard InChI is InChI=1S/C16H25ClN2O3/c1-10(2)9-22-15-13(17)5-12(6-14(15)21-4)16(20)19-8-11(3)7-18/h5-6,10-11H,7-9,18H2,1-4H3,(H,19,20). The summed E-state index contributed by atoms with van der Waals surface area (Å²) in [5.74, 6) is 1.28. The molecule has 0 bridgehead atoms. The van der Waals surface area contributed by atoms with E-state index in [-0.39, 0.29) is 11.8 Å². The first-order valence-corrected chi connectivity index (χ1v) is 7.75.